The quantitative estimate of drug-likeness (QED) is 0.209. The second kappa shape index (κ2) is 24.5. The van der Waals surface area contributed by atoms with E-state index in [4.69, 9.17) is 15.3 Å². The molecule has 0 aliphatic rings. The Morgan fingerprint density at radius 2 is 0.552 bits per heavy atom. The molecule has 4 heterocycles. The number of hydrogen-bond acceptors (Lipinski definition) is 7. The van der Waals surface area contributed by atoms with Gasteiger partial charge in [-0.25, -0.2) is 0 Å². The molecule has 4 aromatic rings. The van der Waals surface area contributed by atoms with Gasteiger partial charge in [0, 0.05) is 49.6 Å². The molecule has 0 aliphatic heterocycles. The van der Waals surface area contributed by atoms with Crippen molar-refractivity contribution in [1.82, 2.24) is 19.9 Å². The van der Waals surface area contributed by atoms with Gasteiger partial charge < -0.3 is 15.3 Å². The van der Waals surface area contributed by atoms with Crippen LogP contribution in [-0.4, -0.2) is 25.0 Å². The molecule has 0 aliphatic carbocycles. The molecule has 29 heavy (non-hydrogen) atoms. The fourth-order valence-electron chi connectivity index (χ4n) is 1.25. The van der Waals surface area contributed by atoms with Crippen LogP contribution in [0.15, 0.2) is 122 Å². The molecule has 154 valence electrons. The third-order valence-corrected chi connectivity index (χ3v) is 2.27. The summed E-state index contributed by atoms with van der Waals surface area (Å²) < 4.78 is 0. The van der Waals surface area contributed by atoms with Gasteiger partial charge in [-0.3, -0.25) is 19.9 Å². The van der Waals surface area contributed by atoms with Crippen molar-refractivity contribution in [3.05, 3.63) is 138 Å². The van der Waals surface area contributed by atoms with Crippen LogP contribution in [0.25, 0.3) is 0 Å². The first-order chi connectivity index (χ1) is 13.7. The SMILES string of the molecule is O=[N+]([O-])[O-].[Ag+].c1ccncc1.c1ccncc1.c1ccncc1.c1ccncc1. The normalized spacial score (nSPS) is 7.45. The minimum atomic E-state index is -1.75. The first-order valence-electron chi connectivity index (χ1n) is 7.95. The number of rotatable bonds is 0. The van der Waals surface area contributed by atoms with Crippen LogP contribution in [0, 0.1) is 15.3 Å². The second-order valence-electron chi connectivity index (χ2n) is 4.32. The molecular formula is C20H20AgN5O3. The van der Waals surface area contributed by atoms with Crippen LogP contribution in [0.4, 0.5) is 0 Å². The van der Waals surface area contributed by atoms with Crippen LogP contribution < -0.4 is 0 Å². The molecule has 9 heteroatoms. The Morgan fingerprint density at radius 1 is 0.414 bits per heavy atom. The van der Waals surface area contributed by atoms with Crippen molar-refractivity contribution in [3.63, 3.8) is 0 Å². The Morgan fingerprint density at radius 3 is 0.586 bits per heavy atom. The predicted octanol–water partition coefficient (Wildman–Crippen LogP) is 4.08. The summed E-state index contributed by atoms with van der Waals surface area (Å²) in [5.41, 5.74) is 0. The number of aromatic nitrogens is 4. The van der Waals surface area contributed by atoms with E-state index in [0.29, 0.717) is 0 Å². The number of hydrogen-bond donors (Lipinski definition) is 0. The van der Waals surface area contributed by atoms with Gasteiger partial charge in [0.25, 0.3) is 0 Å². The molecular weight excluding hydrogens is 466 g/mol. The second-order valence-corrected chi connectivity index (χ2v) is 4.32. The Labute approximate surface area is 185 Å². The fraction of sp³-hybridized carbons (Fsp3) is 0. The largest absolute Gasteiger partial charge is 1.00 e. The summed E-state index contributed by atoms with van der Waals surface area (Å²) in [4.78, 5) is 23.4. The topological polar surface area (TPSA) is 118 Å². The molecule has 8 nitrogen and oxygen atoms in total. The van der Waals surface area contributed by atoms with E-state index in [9.17, 15) is 0 Å². The Hall–Kier alpha value is -3.46. The molecule has 0 N–H and O–H groups in total. The Balaban J connectivity index is 0. The first kappa shape index (κ1) is 27.8. The molecule has 0 saturated heterocycles. The zero-order valence-corrected chi connectivity index (χ0v) is 16.8. The van der Waals surface area contributed by atoms with Gasteiger partial charge in [-0.05, 0) is 48.5 Å². The molecule has 4 rings (SSSR count). The molecule has 0 bridgehead atoms. The standard InChI is InChI=1S/4C5H5N.Ag.NO3/c4*1-2-4-6-5-3-1;;2-1(3)4/h4*1-5H;;/q;;;;+1;-1. The Bertz CT molecular complexity index is 534. The summed E-state index contributed by atoms with van der Waals surface area (Å²) in [5.74, 6) is 0. The van der Waals surface area contributed by atoms with Crippen LogP contribution in [-0.2, 0) is 22.4 Å². The summed E-state index contributed by atoms with van der Waals surface area (Å²) in [5, 5.41) is 14.8. The van der Waals surface area contributed by atoms with Gasteiger partial charge in [0.2, 0.25) is 0 Å². The van der Waals surface area contributed by atoms with E-state index >= 15 is 0 Å². The maximum absolute atomic E-state index is 8.25. The maximum Gasteiger partial charge on any atom is 1.00 e. The van der Waals surface area contributed by atoms with Crippen LogP contribution in [0.1, 0.15) is 0 Å². The van der Waals surface area contributed by atoms with E-state index in [1.54, 1.807) is 49.6 Å². The minimum Gasteiger partial charge on any atom is -0.356 e. The van der Waals surface area contributed by atoms with Crippen molar-refractivity contribution >= 4 is 0 Å². The molecule has 0 saturated carbocycles. The summed E-state index contributed by atoms with van der Waals surface area (Å²) in [6.45, 7) is 0. The van der Waals surface area contributed by atoms with Gasteiger partial charge in [-0.15, -0.1) is 0 Å². The van der Waals surface area contributed by atoms with Gasteiger partial charge in [-0.2, -0.15) is 0 Å². The minimum absolute atomic E-state index is 0. The molecule has 0 unspecified atom stereocenters. The zero-order valence-electron chi connectivity index (χ0n) is 15.3. The van der Waals surface area contributed by atoms with E-state index in [1.165, 1.54) is 0 Å². The van der Waals surface area contributed by atoms with Crippen LogP contribution in [0.2, 0.25) is 0 Å². The third-order valence-electron chi connectivity index (χ3n) is 2.27. The van der Waals surface area contributed by atoms with Crippen molar-refractivity contribution in [1.29, 1.82) is 0 Å². The van der Waals surface area contributed by atoms with Gasteiger partial charge in [0.15, 0.2) is 0 Å². The first-order valence-corrected chi connectivity index (χ1v) is 7.95. The number of pyridine rings is 4. The van der Waals surface area contributed by atoms with Crippen LogP contribution in [0.5, 0.6) is 0 Å². The van der Waals surface area contributed by atoms with E-state index < -0.39 is 5.09 Å². The van der Waals surface area contributed by atoms with Gasteiger partial charge >= 0.3 is 22.4 Å². The van der Waals surface area contributed by atoms with Gasteiger partial charge in [-0.1, -0.05) is 24.3 Å². The molecule has 0 atom stereocenters. The summed E-state index contributed by atoms with van der Waals surface area (Å²) in [6, 6.07) is 22.9. The van der Waals surface area contributed by atoms with Crippen molar-refractivity contribution in [2.45, 2.75) is 0 Å². The van der Waals surface area contributed by atoms with E-state index in [-0.39, 0.29) is 22.4 Å². The van der Waals surface area contributed by atoms with E-state index in [1.807, 2.05) is 72.8 Å². The maximum atomic E-state index is 8.25. The van der Waals surface area contributed by atoms with Crippen molar-refractivity contribution in [2.75, 3.05) is 0 Å². The average Bonchev–Trinajstić information content (AvgIpc) is 2.79. The predicted molar refractivity (Wildman–Crippen MR) is 107 cm³/mol. The molecule has 0 aromatic carbocycles. The molecule has 0 radical (unpaired) electrons. The summed E-state index contributed by atoms with van der Waals surface area (Å²) in [7, 11) is 0. The van der Waals surface area contributed by atoms with Crippen molar-refractivity contribution in [3.8, 4) is 0 Å². The molecule has 0 amide bonds. The van der Waals surface area contributed by atoms with Crippen molar-refractivity contribution < 1.29 is 27.5 Å². The third kappa shape index (κ3) is 29.6. The van der Waals surface area contributed by atoms with E-state index in [0.717, 1.165) is 0 Å². The average molecular weight is 486 g/mol. The van der Waals surface area contributed by atoms with E-state index in [2.05, 4.69) is 19.9 Å². The van der Waals surface area contributed by atoms with Crippen molar-refractivity contribution in [2.24, 2.45) is 0 Å². The van der Waals surface area contributed by atoms with Crippen LogP contribution >= 0.6 is 0 Å². The van der Waals surface area contributed by atoms with Crippen LogP contribution in [0.3, 0.4) is 0 Å². The van der Waals surface area contributed by atoms with Gasteiger partial charge in [0.1, 0.15) is 0 Å². The number of nitrogens with zero attached hydrogens (tertiary/aromatic N) is 5. The monoisotopic (exact) mass is 485 g/mol. The molecule has 4 aromatic heterocycles. The molecule has 0 spiro atoms. The zero-order chi connectivity index (χ0) is 20.5. The Kier molecular flexibility index (Phi) is 23.5. The summed E-state index contributed by atoms with van der Waals surface area (Å²) in [6.07, 6.45) is 14.0. The van der Waals surface area contributed by atoms with Gasteiger partial charge in [0.05, 0.1) is 5.09 Å². The molecule has 0 fully saturated rings. The smallest absolute Gasteiger partial charge is 0.356 e. The summed E-state index contributed by atoms with van der Waals surface area (Å²) >= 11 is 0. The fourth-order valence-corrected chi connectivity index (χ4v) is 1.25.